The average Bonchev–Trinajstić information content (AvgIpc) is 3.21. The second kappa shape index (κ2) is 8.37. The summed E-state index contributed by atoms with van der Waals surface area (Å²) < 4.78 is 11.2. The molecule has 1 heterocycles. The summed E-state index contributed by atoms with van der Waals surface area (Å²) in [5.74, 6) is 1.37. The third kappa shape index (κ3) is 4.33. The summed E-state index contributed by atoms with van der Waals surface area (Å²) in [7, 11) is 1.69. The minimum absolute atomic E-state index is 0.168. The molecule has 4 rings (SSSR count). The Kier molecular flexibility index (Phi) is 5.48. The zero-order chi connectivity index (χ0) is 21.1. The van der Waals surface area contributed by atoms with Gasteiger partial charge in [-0.3, -0.25) is 4.79 Å². The second-order valence-electron chi connectivity index (χ2n) is 7.34. The maximum Gasteiger partial charge on any atom is 0.263 e. The summed E-state index contributed by atoms with van der Waals surface area (Å²) >= 11 is 0. The van der Waals surface area contributed by atoms with Crippen molar-refractivity contribution in [1.82, 2.24) is 15.0 Å². The number of ether oxygens (including phenoxy) is 1. The van der Waals surface area contributed by atoms with Crippen LogP contribution < -0.4 is 4.74 Å². The fourth-order valence-corrected chi connectivity index (χ4v) is 3.31. The molecule has 3 aromatic carbocycles. The summed E-state index contributed by atoms with van der Waals surface area (Å²) in [5, 5.41) is 6.22. The van der Waals surface area contributed by atoms with Crippen molar-refractivity contribution >= 4 is 16.7 Å². The first-order valence-electron chi connectivity index (χ1n) is 9.79. The maximum atomic E-state index is 12.7. The zero-order valence-corrected chi connectivity index (χ0v) is 17.2. The van der Waals surface area contributed by atoms with Crippen LogP contribution in [0.5, 0.6) is 5.75 Å². The fourth-order valence-electron chi connectivity index (χ4n) is 3.31. The van der Waals surface area contributed by atoms with Crippen molar-refractivity contribution < 1.29 is 14.1 Å². The van der Waals surface area contributed by atoms with Crippen LogP contribution >= 0.6 is 0 Å². The number of hydrogen-bond acceptors (Lipinski definition) is 5. The minimum Gasteiger partial charge on any atom is -0.481 e. The first kappa shape index (κ1) is 19.6. The van der Waals surface area contributed by atoms with E-state index >= 15 is 0 Å². The van der Waals surface area contributed by atoms with Gasteiger partial charge in [0.1, 0.15) is 5.75 Å². The molecule has 0 radical (unpaired) electrons. The number of fused-ring (bicyclic) bond motifs is 1. The van der Waals surface area contributed by atoms with Gasteiger partial charge in [0.25, 0.3) is 5.91 Å². The van der Waals surface area contributed by atoms with Gasteiger partial charge in [0.2, 0.25) is 11.7 Å². The molecule has 1 atom stereocenters. The molecular formula is C24H23N3O3. The van der Waals surface area contributed by atoms with E-state index in [0.717, 1.165) is 21.9 Å². The molecule has 0 saturated carbocycles. The van der Waals surface area contributed by atoms with E-state index in [1.165, 1.54) is 4.90 Å². The molecule has 1 unspecified atom stereocenters. The largest absolute Gasteiger partial charge is 0.481 e. The van der Waals surface area contributed by atoms with E-state index in [4.69, 9.17) is 9.26 Å². The monoisotopic (exact) mass is 401 g/mol. The average molecular weight is 401 g/mol. The molecule has 0 aliphatic carbocycles. The van der Waals surface area contributed by atoms with E-state index in [-0.39, 0.29) is 12.5 Å². The van der Waals surface area contributed by atoms with Gasteiger partial charge in [0, 0.05) is 12.6 Å². The van der Waals surface area contributed by atoms with Gasteiger partial charge in [0.15, 0.2) is 6.10 Å². The van der Waals surface area contributed by atoms with Gasteiger partial charge in [0.05, 0.1) is 6.54 Å². The molecule has 1 amide bonds. The number of hydrogen-bond donors (Lipinski definition) is 0. The molecule has 0 saturated heterocycles. The van der Waals surface area contributed by atoms with Crippen molar-refractivity contribution in [2.24, 2.45) is 0 Å². The lowest BCUT2D eigenvalue weighted by Gasteiger charge is -2.21. The minimum atomic E-state index is -0.643. The van der Waals surface area contributed by atoms with Gasteiger partial charge >= 0.3 is 0 Å². The Bertz CT molecular complexity index is 1190. The third-order valence-corrected chi connectivity index (χ3v) is 4.87. The van der Waals surface area contributed by atoms with Crippen molar-refractivity contribution in [3.63, 3.8) is 0 Å². The van der Waals surface area contributed by atoms with Crippen LogP contribution in [-0.2, 0) is 11.3 Å². The highest BCUT2D eigenvalue weighted by Gasteiger charge is 2.21. The zero-order valence-electron chi connectivity index (χ0n) is 17.2. The SMILES string of the molecule is Cc1cccc(-c2noc(CN(C)C(=O)C(C)Oc3ccc4ccccc4c3)n2)c1. The van der Waals surface area contributed by atoms with Crippen molar-refractivity contribution in [2.75, 3.05) is 7.05 Å². The lowest BCUT2D eigenvalue weighted by Crippen LogP contribution is -2.37. The topological polar surface area (TPSA) is 68.5 Å². The molecule has 30 heavy (non-hydrogen) atoms. The third-order valence-electron chi connectivity index (χ3n) is 4.87. The van der Waals surface area contributed by atoms with Gasteiger partial charge in [-0.25, -0.2) is 0 Å². The van der Waals surface area contributed by atoms with Crippen LogP contribution in [0.4, 0.5) is 0 Å². The first-order chi connectivity index (χ1) is 14.5. The summed E-state index contributed by atoms with van der Waals surface area (Å²) in [6.07, 6.45) is -0.643. The van der Waals surface area contributed by atoms with Gasteiger partial charge in [-0.1, -0.05) is 59.3 Å². The van der Waals surface area contributed by atoms with Gasteiger partial charge in [-0.15, -0.1) is 0 Å². The Morgan fingerprint density at radius 1 is 1.07 bits per heavy atom. The maximum absolute atomic E-state index is 12.7. The Balaban J connectivity index is 1.40. The Labute approximate surface area is 175 Å². The summed E-state index contributed by atoms with van der Waals surface area (Å²) in [4.78, 5) is 18.7. The van der Waals surface area contributed by atoms with Crippen LogP contribution in [-0.4, -0.2) is 34.1 Å². The van der Waals surface area contributed by atoms with E-state index in [1.54, 1.807) is 14.0 Å². The number of carbonyl (C=O) groups excluding carboxylic acids is 1. The molecule has 0 bridgehead atoms. The van der Waals surface area contributed by atoms with Crippen molar-refractivity contribution in [3.8, 4) is 17.1 Å². The molecular weight excluding hydrogens is 378 g/mol. The van der Waals surface area contributed by atoms with Crippen LogP contribution in [0.1, 0.15) is 18.4 Å². The van der Waals surface area contributed by atoms with Crippen molar-refractivity contribution in [2.45, 2.75) is 26.5 Å². The van der Waals surface area contributed by atoms with E-state index in [9.17, 15) is 4.79 Å². The summed E-state index contributed by atoms with van der Waals surface area (Å²) in [5.41, 5.74) is 2.00. The molecule has 6 heteroatoms. The molecule has 1 aromatic heterocycles. The first-order valence-corrected chi connectivity index (χ1v) is 9.79. The quantitative estimate of drug-likeness (QED) is 0.471. The van der Waals surface area contributed by atoms with Gasteiger partial charge < -0.3 is 14.2 Å². The molecule has 0 N–H and O–H groups in total. The molecule has 4 aromatic rings. The van der Waals surface area contributed by atoms with E-state index in [0.29, 0.717) is 17.5 Å². The van der Waals surface area contributed by atoms with Crippen LogP contribution in [0.25, 0.3) is 22.2 Å². The number of rotatable bonds is 6. The normalized spacial score (nSPS) is 12.0. The number of aromatic nitrogens is 2. The van der Waals surface area contributed by atoms with E-state index in [1.807, 2.05) is 73.7 Å². The van der Waals surface area contributed by atoms with Gasteiger partial charge in [-0.05, 0) is 42.8 Å². The smallest absolute Gasteiger partial charge is 0.263 e. The highest BCUT2D eigenvalue weighted by molar-refractivity contribution is 5.84. The van der Waals surface area contributed by atoms with Crippen LogP contribution in [0, 0.1) is 6.92 Å². The number of aryl methyl sites for hydroxylation is 1. The lowest BCUT2D eigenvalue weighted by atomic mass is 10.1. The molecule has 152 valence electrons. The van der Waals surface area contributed by atoms with Crippen LogP contribution in [0.3, 0.4) is 0 Å². The van der Waals surface area contributed by atoms with E-state index < -0.39 is 6.10 Å². The number of carbonyl (C=O) groups is 1. The summed E-state index contributed by atoms with van der Waals surface area (Å²) in [6.45, 7) is 3.96. The highest BCUT2D eigenvalue weighted by atomic mass is 16.5. The predicted molar refractivity (Wildman–Crippen MR) is 115 cm³/mol. The lowest BCUT2D eigenvalue weighted by molar-refractivity contribution is -0.137. The van der Waals surface area contributed by atoms with Crippen LogP contribution in [0.15, 0.2) is 71.3 Å². The number of benzene rings is 3. The standard InChI is InChI=1S/C24H23N3O3/c1-16-7-6-10-20(13-16)23-25-22(30-26-23)15-27(3)24(28)17(2)29-21-12-11-18-8-4-5-9-19(18)14-21/h4-14,17H,15H2,1-3H3. The molecule has 0 fully saturated rings. The fraction of sp³-hybridized carbons (Fsp3) is 0.208. The number of nitrogens with zero attached hydrogens (tertiary/aromatic N) is 3. The molecule has 0 spiro atoms. The Morgan fingerprint density at radius 2 is 1.87 bits per heavy atom. The second-order valence-corrected chi connectivity index (χ2v) is 7.34. The Morgan fingerprint density at radius 3 is 2.67 bits per heavy atom. The number of likely N-dealkylation sites (N-methyl/N-ethyl adjacent to an activating group) is 1. The van der Waals surface area contributed by atoms with E-state index in [2.05, 4.69) is 10.1 Å². The number of amides is 1. The summed E-state index contributed by atoms with van der Waals surface area (Å²) in [6, 6.07) is 21.7. The molecule has 6 nitrogen and oxygen atoms in total. The van der Waals surface area contributed by atoms with Crippen LogP contribution in [0.2, 0.25) is 0 Å². The van der Waals surface area contributed by atoms with Crippen molar-refractivity contribution in [3.05, 3.63) is 78.2 Å². The predicted octanol–water partition coefficient (Wildman–Crippen LogP) is 4.62. The molecule has 0 aliphatic rings. The Hall–Kier alpha value is -3.67. The van der Waals surface area contributed by atoms with Crippen molar-refractivity contribution in [1.29, 1.82) is 0 Å². The molecule has 0 aliphatic heterocycles. The highest BCUT2D eigenvalue weighted by Crippen LogP contribution is 2.22. The van der Waals surface area contributed by atoms with Gasteiger partial charge in [-0.2, -0.15) is 4.98 Å².